The number of para-hydroxylation sites is 2. The van der Waals surface area contributed by atoms with Gasteiger partial charge in [-0.1, -0.05) is 66.7 Å². The zero-order valence-corrected chi connectivity index (χ0v) is 18.3. The van der Waals surface area contributed by atoms with E-state index in [0.29, 0.717) is 6.42 Å². The molecule has 2 N–H and O–H groups in total. The van der Waals surface area contributed by atoms with Crippen molar-refractivity contribution in [3.05, 3.63) is 101 Å². The number of nitrogens with one attached hydrogen (secondary N) is 2. The minimum Gasteiger partial charge on any atom is -0.465 e. The minimum atomic E-state index is -1.11. The second kappa shape index (κ2) is 7.34. The lowest BCUT2D eigenvalue weighted by molar-refractivity contribution is -0.150. The van der Waals surface area contributed by atoms with Gasteiger partial charge < -0.3 is 15.0 Å². The Labute approximate surface area is 191 Å². The van der Waals surface area contributed by atoms with E-state index in [1.54, 1.807) is 6.92 Å². The number of benzene rings is 3. The molecule has 0 saturated heterocycles. The van der Waals surface area contributed by atoms with Gasteiger partial charge in [-0.2, -0.15) is 0 Å². The summed E-state index contributed by atoms with van der Waals surface area (Å²) >= 11 is 0. The molecule has 2 heterocycles. The third-order valence-corrected chi connectivity index (χ3v) is 7.25. The van der Waals surface area contributed by atoms with Crippen molar-refractivity contribution in [3.63, 3.8) is 0 Å². The van der Waals surface area contributed by atoms with Crippen LogP contribution in [0.4, 0.5) is 5.69 Å². The molecule has 5 heteroatoms. The Hall–Kier alpha value is -3.86. The molecule has 0 fully saturated rings. The Balaban J connectivity index is 1.73. The number of rotatable bonds is 3. The van der Waals surface area contributed by atoms with Crippen molar-refractivity contribution in [1.29, 1.82) is 0 Å². The van der Waals surface area contributed by atoms with Crippen molar-refractivity contribution in [2.45, 2.75) is 30.6 Å². The summed E-state index contributed by atoms with van der Waals surface area (Å²) in [6, 6.07) is 25.8. The average Bonchev–Trinajstić information content (AvgIpc) is 3.35. The molecule has 1 spiro atoms. The van der Waals surface area contributed by atoms with Gasteiger partial charge in [0.05, 0.1) is 6.61 Å². The van der Waals surface area contributed by atoms with Crippen LogP contribution in [0.2, 0.25) is 0 Å². The summed E-state index contributed by atoms with van der Waals surface area (Å²) in [6.07, 6.45) is 0.617. The highest BCUT2D eigenvalue weighted by molar-refractivity contribution is 6.12. The summed E-state index contributed by atoms with van der Waals surface area (Å²) in [6.45, 7) is 2.06. The molecule has 2 aliphatic rings. The second-order valence-electron chi connectivity index (χ2n) is 8.78. The van der Waals surface area contributed by atoms with E-state index < -0.39 is 11.3 Å². The molecule has 5 nitrogen and oxygen atoms in total. The lowest BCUT2D eigenvalue weighted by Crippen LogP contribution is -2.52. The van der Waals surface area contributed by atoms with E-state index in [-0.39, 0.29) is 24.4 Å². The molecule has 33 heavy (non-hydrogen) atoms. The van der Waals surface area contributed by atoms with Gasteiger partial charge in [-0.25, -0.2) is 0 Å². The second-order valence-corrected chi connectivity index (χ2v) is 8.78. The molecule has 3 atom stereocenters. The van der Waals surface area contributed by atoms with Crippen molar-refractivity contribution in [2.75, 3.05) is 11.9 Å². The number of ether oxygens (including phenoxy) is 1. The third kappa shape index (κ3) is 2.65. The Morgan fingerprint density at radius 1 is 1.00 bits per heavy atom. The van der Waals surface area contributed by atoms with Gasteiger partial charge >= 0.3 is 5.97 Å². The number of carbonyl (C=O) groups excluding carboxylic acids is 2. The maximum atomic E-state index is 14.0. The first-order valence-electron chi connectivity index (χ1n) is 11.4. The number of H-pyrrole nitrogens is 1. The van der Waals surface area contributed by atoms with Crippen LogP contribution in [-0.4, -0.2) is 23.5 Å². The predicted molar refractivity (Wildman–Crippen MR) is 127 cm³/mol. The van der Waals surface area contributed by atoms with Crippen LogP contribution in [0.3, 0.4) is 0 Å². The average molecular weight is 437 g/mol. The molecule has 0 bridgehead atoms. The molecule has 1 amide bonds. The summed E-state index contributed by atoms with van der Waals surface area (Å²) < 4.78 is 5.66. The van der Waals surface area contributed by atoms with Crippen LogP contribution in [0.1, 0.15) is 41.1 Å². The molecule has 164 valence electrons. The van der Waals surface area contributed by atoms with Crippen LogP contribution in [0.5, 0.6) is 0 Å². The molecule has 0 unspecified atom stereocenters. The molecular formula is C28H24N2O3. The quantitative estimate of drug-likeness (QED) is 0.442. The highest BCUT2D eigenvalue weighted by Crippen LogP contribution is 2.60. The number of esters is 1. The fraction of sp³-hybridized carbons (Fsp3) is 0.214. The number of aromatic nitrogens is 1. The van der Waals surface area contributed by atoms with Gasteiger partial charge in [-0.3, -0.25) is 9.59 Å². The van der Waals surface area contributed by atoms with Crippen molar-refractivity contribution in [3.8, 4) is 0 Å². The van der Waals surface area contributed by atoms with E-state index in [4.69, 9.17) is 4.74 Å². The Morgan fingerprint density at radius 2 is 1.73 bits per heavy atom. The summed E-state index contributed by atoms with van der Waals surface area (Å²) in [4.78, 5) is 31.4. The minimum absolute atomic E-state index is 0.147. The highest BCUT2D eigenvalue weighted by Gasteiger charge is 2.63. The maximum absolute atomic E-state index is 14.0. The molecular weight excluding hydrogens is 412 g/mol. The smallest absolute Gasteiger partial charge is 0.314 e. The number of hydrogen-bond donors (Lipinski definition) is 2. The van der Waals surface area contributed by atoms with Crippen LogP contribution in [0.15, 0.2) is 78.9 Å². The van der Waals surface area contributed by atoms with E-state index in [2.05, 4.69) is 22.4 Å². The van der Waals surface area contributed by atoms with Crippen molar-refractivity contribution >= 4 is 28.5 Å². The first-order valence-corrected chi connectivity index (χ1v) is 11.4. The summed E-state index contributed by atoms with van der Waals surface area (Å²) in [5, 5.41) is 4.07. The van der Waals surface area contributed by atoms with Gasteiger partial charge in [0.15, 0.2) is 0 Å². The molecule has 0 radical (unpaired) electrons. The Morgan fingerprint density at radius 3 is 2.55 bits per heavy atom. The van der Waals surface area contributed by atoms with Crippen LogP contribution in [0.25, 0.3) is 10.9 Å². The van der Waals surface area contributed by atoms with Gasteiger partial charge in [0.2, 0.25) is 5.91 Å². The zero-order chi connectivity index (χ0) is 22.6. The van der Waals surface area contributed by atoms with E-state index in [1.165, 1.54) is 0 Å². The lowest BCUT2D eigenvalue weighted by Gasteiger charge is -2.45. The van der Waals surface area contributed by atoms with Crippen molar-refractivity contribution in [1.82, 2.24) is 4.98 Å². The van der Waals surface area contributed by atoms with Crippen molar-refractivity contribution in [2.24, 2.45) is 0 Å². The Bertz CT molecular complexity index is 1390. The molecule has 0 saturated carbocycles. The van der Waals surface area contributed by atoms with E-state index >= 15 is 0 Å². The van der Waals surface area contributed by atoms with Gasteiger partial charge in [-0.15, -0.1) is 0 Å². The van der Waals surface area contributed by atoms with Gasteiger partial charge in [0.1, 0.15) is 11.3 Å². The molecule has 1 aromatic heterocycles. The van der Waals surface area contributed by atoms with Crippen molar-refractivity contribution < 1.29 is 14.3 Å². The SMILES string of the molecule is CCOC(=O)[C@@H]1c2c([nH]c3ccccc23)C[C@@H](c2ccccc2)[C@@]12C(=O)Nc1ccccc12. The lowest BCUT2D eigenvalue weighted by atomic mass is 9.55. The van der Waals surface area contributed by atoms with Crippen LogP contribution >= 0.6 is 0 Å². The van der Waals surface area contributed by atoms with Crippen LogP contribution in [0, 0.1) is 0 Å². The van der Waals surface area contributed by atoms with Gasteiger partial charge in [-0.05, 0) is 42.2 Å². The highest BCUT2D eigenvalue weighted by atomic mass is 16.5. The normalized spacial score (nSPS) is 23.2. The predicted octanol–water partition coefficient (Wildman–Crippen LogP) is 5.04. The monoisotopic (exact) mass is 436 g/mol. The number of fused-ring (bicyclic) bond motifs is 5. The fourth-order valence-corrected chi connectivity index (χ4v) is 6.03. The topological polar surface area (TPSA) is 71.2 Å². The third-order valence-electron chi connectivity index (χ3n) is 7.25. The summed E-state index contributed by atoms with van der Waals surface area (Å²) in [5.41, 5.74) is 4.38. The molecule has 3 aromatic carbocycles. The molecule has 6 rings (SSSR count). The first-order chi connectivity index (χ1) is 16.2. The molecule has 1 aliphatic carbocycles. The fourth-order valence-electron chi connectivity index (χ4n) is 6.03. The van der Waals surface area contributed by atoms with Gasteiger partial charge in [0.25, 0.3) is 0 Å². The molecule has 4 aromatic rings. The van der Waals surface area contributed by atoms with Gasteiger partial charge in [0, 0.05) is 28.2 Å². The number of aromatic amines is 1. The van der Waals surface area contributed by atoms with E-state index in [0.717, 1.165) is 39.0 Å². The standard InChI is InChI=1S/C28H24N2O3/c1-2-33-26(31)25-24-18-12-6-8-14-21(18)29-23(24)16-20(17-10-4-3-5-11-17)28(25)19-13-7-9-15-22(19)30-27(28)32/h3-15,20,25,29H,2,16H2,1H3,(H,30,32)/t20-,25-,28+/m0/s1. The first kappa shape index (κ1) is 19.8. The number of anilines is 1. The molecule has 1 aliphatic heterocycles. The Kier molecular flexibility index (Phi) is 4.40. The number of carbonyl (C=O) groups is 2. The van der Waals surface area contributed by atoms with E-state index in [1.807, 2.05) is 66.7 Å². The summed E-state index contributed by atoms with van der Waals surface area (Å²) in [5.74, 6) is -1.52. The number of hydrogen-bond acceptors (Lipinski definition) is 3. The van der Waals surface area contributed by atoms with E-state index in [9.17, 15) is 9.59 Å². The van der Waals surface area contributed by atoms with Crippen LogP contribution < -0.4 is 5.32 Å². The maximum Gasteiger partial charge on any atom is 0.314 e. The van der Waals surface area contributed by atoms with Crippen LogP contribution in [-0.2, 0) is 26.2 Å². The largest absolute Gasteiger partial charge is 0.465 e. The zero-order valence-electron chi connectivity index (χ0n) is 18.3. The summed E-state index contributed by atoms with van der Waals surface area (Å²) in [7, 11) is 0. The number of amides is 1.